The van der Waals surface area contributed by atoms with Crippen LogP contribution in [-0.2, 0) is 19.0 Å². The van der Waals surface area contributed by atoms with Gasteiger partial charge >= 0.3 is 12.1 Å². The SMILES string of the molecule is Nc1c(CC2CCC2)ccc2c1Cc1ccccc1-2.O=C(O)c1cnc(Nc2ccc(F)cc2Br)cc1C(F)(F)F. The Kier molecular flexibility index (Phi) is 8.04. The summed E-state index contributed by atoms with van der Waals surface area (Å²) in [7, 11) is 0. The van der Waals surface area contributed by atoms with Crippen LogP contribution in [0.1, 0.15) is 51.9 Å². The van der Waals surface area contributed by atoms with E-state index in [1.165, 1.54) is 59.6 Å². The van der Waals surface area contributed by atoms with Gasteiger partial charge in [0.2, 0.25) is 0 Å². The van der Waals surface area contributed by atoms with Crippen molar-refractivity contribution < 1.29 is 27.5 Å². The van der Waals surface area contributed by atoms with Crippen LogP contribution in [0, 0.1) is 11.7 Å². The second kappa shape index (κ2) is 11.5. The van der Waals surface area contributed by atoms with Gasteiger partial charge in [-0.05, 0) is 80.4 Å². The fourth-order valence-corrected chi connectivity index (χ4v) is 5.58. The minimum Gasteiger partial charge on any atom is -0.478 e. The molecule has 0 bridgehead atoms. The Morgan fingerprint density at radius 2 is 1.83 bits per heavy atom. The smallest absolute Gasteiger partial charge is 0.417 e. The number of pyridine rings is 1. The number of fused-ring (bicyclic) bond motifs is 3. The molecule has 212 valence electrons. The standard InChI is InChI=1S/C18H19N.C13H7BrF4N2O2/c19-18-14(10-12-4-3-5-12)8-9-16-15-7-2-1-6-13(15)11-17(16)18;14-9-3-6(15)1-2-10(9)20-11-4-8(13(16,17)18)7(5-19-11)12(21)22/h1-2,6-9,12H,3-5,10-11,19H2;1-5H,(H,19,20)(H,21,22). The first kappa shape index (κ1) is 28.6. The molecule has 1 saturated carbocycles. The average molecular weight is 628 g/mol. The number of anilines is 3. The molecule has 1 heterocycles. The fraction of sp³-hybridized carbons (Fsp3) is 0.226. The monoisotopic (exact) mass is 627 g/mol. The summed E-state index contributed by atoms with van der Waals surface area (Å²) in [4.78, 5) is 14.4. The molecule has 1 fully saturated rings. The summed E-state index contributed by atoms with van der Waals surface area (Å²) in [6, 6.07) is 17.3. The molecule has 0 saturated heterocycles. The molecule has 41 heavy (non-hydrogen) atoms. The van der Waals surface area contributed by atoms with E-state index < -0.39 is 29.1 Å². The maximum Gasteiger partial charge on any atom is 0.417 e. The number of halogens is 5. The van der Waals surface area contributed by atoms with E-state index in [1.807, 2.05) is 0 Å². The molecule has 0 radical (unpaired) electrons. The predicted octanol–water partition coefficient (Wildman–Crippen LogP) is 8.63. The van der Waals surface area contributed by atoms with Crippen LogP contribution < -0.4 is 11.1 Å². The largest absolute Gasteiger partial charge is 0.478 e. The molecule has 10 heteroatoms. The molecular formula is C31H26BrF4N3O2. The number of hydrogen-bond acceptors (Lipinski definition) is 4. The van der Waals surface area contributed by atoms with Gasteiger partial charge in [-0.2, -0.15) is 13.2 Å². The lowest BCUT2D eigenvalue weighted by Gasteiger charge is -2.26. The Morgan fingerprint density at radius 3 is 2.49 bits per heavy atom. The van der Waals surface area contributed by atoms with Crippen molar-refractivity contribution in [3.63, 3.8) is 0 Å². The molecule has 0 aliphatic heterocycles. The van der Waals surface area contributed by atoms with Gasteiger partial charge < -0.3 is 16.2 Å². The molecule has 0 spiro atoms. The molecule has 5 nitrogen and oxygen atoms in total. The highest BCUT2D eigenvalue weighted by Crippen LogP contribution is 2.42. The third kappa shape index (κ3) is 6.22. The van der Waals surface area contributed by atoms with Crippen molar-refractivity contribution in [3.05, 3.63) is 105 Å². The van der Waals surface area contributed by atoms with Gasteiger partial charge in [-0.15, -0.1) is 0 Å². The molecule has 2 aliphatic rings. The fourth-order valence-electron chi connectivity index (χ4n) is 5.13. The van der Waals surface area contributed by atoms with Gasteiger partial charge in [-0.25, -0.2) is 14.2 Å². The first-order valence-electron chi connectivity index (χ1n) is 13.0. The zero-order valence-corrected chi connectivity index (χ0v) is 23.3. The summed E-state index contributed by atoms with van der Waals surface area (Å²) in [5.41, 5.74) is 12.4. The number of hydrogen-bond donors (Lipinski definition) is 3. The molecule has 0 unspecified atom stereocenters. The average Bonchev–Trinajstić information content (AvgIpc) is 3.28. The molecule has 0 atom stereocenters. The summed E-state index contributed by atoms with van der Waals surface area (Å²) >= 11 is 3.05. The summed E-state index contributed by atoms with van der Waals surface area (Å²) in [5.74, 6) is -1.59. The van der Waals surface area contributed by atoms with E-state index >= 15 is 0 Å². The van der Waals surface area contributed by atoms with Crippen LogP contribution in [0.2, 0.25) is 0 Å². The van der Waals surface area contributed by atoms with Crippen molar-refractivity contribution in [1.82, 2.24) is 4.98 Å². The third-order valence-electron chi connectivity index (χ3n) is 7.49. The number of alkyl halides is 3. The number of carboxylic acid groups (broad SMARTS) is 1. The zero-order valence-electron chi connectivity index (χ0n) is 21.7. The van der Waals surface area contributed by atoms with Crippen LogP contribution in [0.3, 0.4) is 0 Å². The maximum absolute atomic E-state index is 13.0. The number of rotatable bonds is 5. The molecular weight excluding hydrogens is 602 g/mol. The highest BCUT2D eigenvalue weighted by Gasteiger charge is 2.36. The quantitative estimate of drug-likeness (QED) is 0.134. The van der Waals surface area contributed by atoms with Crippen molar-refractivity contribution >= 4 is 39.1 Å². The number of nitrogens with two attached hydrogens (primary N) is 1. The minimum absolute atomic E-state index is 0.218. The first-order valence-corrected chi connectivity index (χ1v) is 13.8. The van der Waals surface area contributed by atoms with E-state index in [4.69, 9.17) is 10.8 Å². The Bertz CT molecular complexity index is 1620. The molecule has 2 aliphatic carbocycles. The molecule has 6 rings (SSSR count). The number of benzene rings is 3. The Morgan fingerprint density at radius 1 is 1.07 bits per heavy atom. The summed E-state index contributed by atoms with van der Waals surface area (Å²) < 4.78 is 51.9. The number of carboxylic acids is 1. The van der Waals surface area contributed by atoms with E-state index in [1.54, 1.807) is 0 Å². The molecule has 3 aromatic carbocycles. The van der Waals surface area contributed by atoms with Crippen molar-refractivity contribution in [2.45, 2.75) is 38.3 Å². The summed E-state index contributed by atoms with van der Waals surface area (Å²) in [6.45, 7) is 0. The van der Waals surface area contributed by atoms with Gasteiger partial charge in [0.15, 0.2) is 0 Å². The van der Waals surface area contributed by atoms with E-state index in [2.05, 4.69) is 62.6 Å². The summed E-state index contributed by atoms with van der Waals surface area (Å²) in [6.07, 6.45) is 2.14. The highest BCUT2D eigenvalue weighted by molar-refractivity contribution is 9.10. The predicted molar refractivity (Wildman–Crippen MR) is 154 cm³/mol. The van der Waals surface area contributed by atoms with Gasteiger partial charge in [0.25, 0.3) is 0 Å². The lowest BCUT2D eigenvalue weighted by Crippen LogP contribution is -2.15. The lowest BCUT2D eigenvalue weighted by atomic mass is 9.80. The maximum atomic E-state index is 13.0. The van der Waals surface area contributed by atoms with Crippen LogP contribution in [-0.4, -0.2) is 16.1 Å². The number of nitrogens with zero attached hydrogens (tertiary/aromatic N) is 1. The first-order chi connectivity index (χ1) is 19.5. The zero-order chi connectivity index (χ0) is 29.3. The summed E-state index contributed by atoms with van der Waals surface area (Å²) in [5, 5.41) is 11.3. The third-order valence-corrected chi connectivity index (χ3v) is 8.15. The van der Waals surface area contributed by atoms with Crippen molar-refractivity contribution in [1.29, 1.82) is 0 Å². The van der Waals surface area contributed by atoms with Crippen molar-refractivity contribution in [3.8, 4) is 11.1 Å². The van der Waals surface area contributed by atoms with Crippen molar-refractivity contribution in [2.24, 2.45) is 5.92 Å². The van der Waals surface area contributed by atoms with Crippen LogP contribution in [0.5, 0.6) is 0 Å². The number of nitrogen functional groups attached to an aromatic ring is 1. The van der Waals surface area contributed by atoms with Crippen LogP contribution >= 0.6 is 15.9 Å². The van der Waals surface area contributed by atoms with Crippen molar-refractivity contribution in [2.75, 3.05) is 11.1 Å². The number of carbonyl (C=O) groups is 1. The number of nitrogens with one attached hydrogen (secondary N) is 1. The number of aromatic carboxylic acids is 1. The highest BCUT2D eigenvalue weighted by atomic mass is 79.9. The Labute approximate surface area is 242 Å². The van der Waals surface area contributed by atoms with Crippen LogP contribution in [0.25, 0.3) is 11.1 Å². The van der Waals surface area contributed by atoms with E-state index in [0.717, 1.165) is 30.2 Å². The van der Waals surface area contributed by atoms with Crippen LogP contribution in [0.15, 0.2) is 71.3 Å². The molecule has 0 amide bonds. The normalized spacial score (nSPS) is 13.9. The van der Waals surface area contributed by atoms with E-state index in [9.17, 15) is 22.4 Å². The molecule has 4 N–H and O–H groups in total. The Balaban J connectivity index is 0.000000166. The second-order valence-electron chi connectivity index (χ2n) is 10.2. The van der Waals surface area contributed by atoms with Crippen LogP contribution in [0.4, 0.5) is 34.8 Å². The van der Waals surface area contributed by atoms with Gasteiger partial charge in [0, 0.05) is 22.8 Å². The van der Waals surface area contributed by atoms with E-state index in [0.29, 0.717) is 12.3 Å². The Hall–Kier alpha value is -3.92. The number of aromatic nitrogens is 1. The lowest BCUT2D eigenvalue weighted by molar-refractivity contribution is -0.138. The minimum atomic E-state index is -4.84. The molecule has 4 aromatic rings. The van der Waals surface area contributed by atoms with Gasteiger partial charge in [0.05, 0.1) is 16.8 Å². The second-order valence-corrected chi connectivity index (χ2v) is 11.0. The van der Waals surface area contributed by atoms with E-state index in [-0.39, 0.29) is 16.0 Å². The molecule has 1 aromatic heterocycles. The topological polar surface area (TPSA) is 88.2 Å². The van der Waals surface area contributed by atoms with Gasteiger partial charge in [-0.1, -0.05) is 55.7 Å². The van der Waals surface area contributed by atoms with Gasteiger partial charge in [0.1, 0.15) is 11.6 Å². The van der Waals surface area contributed by atoms with Gasteiger partial charge in [-0.3, -0.25) is 0 Å².